The maximum Gasteiger partial charge on any atom is 0.263 e. The highest BCUT2D eigenvalue weighted by atomic mass is 35.5. The zero-order valence-electron chi connectivity index (χ0n) is 11.3. The highest BCUT2D eigenvalue weighted by Crippen LogP contribution is 2.30. The van der Waals surface area contributed by atoms with Crippen molar-refractivity contribution >= 4 is 39.2 Å². The molecule has 0 unspecified atom stereocenters. The Bertz CT molecular complexity index is 912. The molecule has 0 amide bonds. The van der Waals surface area contributed by atoms with Gasteiger partial charge in [-0.05, 0) is 35.6 Å². The average molecular weight is 355 g/mol. The Hall–Kier alpha value is -2.49. The molecule has 2 N–H and O–H groups in total. The van der Waals surface area contributed by atoms with Gasteiger partial charge in [0.2, 0.25) is 10.0 Å². The van der Waals surface area contributed by atoms with E-state index in [2.05, 4.69) is 4.99 Å². The topological polar surface area (TPSA) is 139 Å². The van der Waals surface area contributed by atoms with Gasteiger partial charge < -0.3 is 5.11 Å². The Labute approximate surface area is 136 Å². The molecule has 8 nitrogen and oxygen atoms in total. The number of benzene rings is 2. The first-order chi connectivity index (χ1) is 10.7. The highest BCUT2D eigenvalue weighted by molar-refractivity contribution is 7.89. The van der Waals surface area contributed by atoms with E-state index < -0.39 is 26.4 Å². The molecule has 2 aromatic rings. The van der Waals surface area contributed by atoms with Crippen LogP contribution < -0.4 is 10.2 Å². The largest absolute Gasteiger partial charge is 0.867 e. The van der Waals surface area contributed by atoms with Gasteiger partial charge >= 0.3 is 0 Å². The number of rotatable bonds is 4. The van der Waals surface area contributed by atoms with E-state index in [1.165, 1.54) is 30.3 Å². The molecule has 0 aromatic heterocycles. The van der Waals surface area contributed by atoms with E-state index in [0.717, 1.165) is 12.3 Å². The second kappa shape index (κ2) is 6.32. The molecular weight excluding hydrogens is 346 g/mol. The van der Waals surface area contributed by atoms with E-state index in [-0.39, 0.29) is 21.2 Å². The summed E-state index contributed by atoms with van der Waals surface area (Å²) < 4.78 is 22.5. The molecule has 0 bridgehead atoms. The molecule has 0 atom stereocenters. The molecule has 0 saturated carbocycles. The van der Waals surface area contributed by atoms with E-state index in [4.69, 9.17) is 16.7 Å². The van der Waals surface area contributed by atoms with E-state index >= 15 is 0 Å². The first-order valence-electron chi connectivity index (χ1n) is 6.00. The van der Waals surface area contributed by atoms with Crippen LogP contribution in [-0.2, 0) is 10.0 Å². The average Bonchev–Trinajstić information content (AvgIpc) is 2.47. The third-order valence-electron chi connectivity index (χ3n) is 2.76. The maximum absolute atomic E-state index is 11.9. The summed E-state index contributed by atoms with van der Waals surface area (Å²) in [6.45, 7) is 0. The van der Waals surface area contributed by atoms with Crippen LogP contribution in [0, 0.1) is 10.1 Å². The Morgan fingerprint density at radius 3 is 2.57 bits per heavy atom. The summed E-state index contributed by atoms with van der Waals surface area (Å²) in [7, 11) is -3.89. The minimum atomic E-state index is -3.89. The molecule has 23 heavy (non-hydrogen) atoms. The van der Waals surface area contributed by atoms with Crippen molar-refractivity contribution in [2.24, 2.45) is 10.1 Å². The second-order valence-corrected chi connectivity index (χ2v) is 6.40. The van der Waals surface area contributed by atoms with Crippen molar-refractivity contribution in [1.29, 1.82) is 0 Å². The smallest absolute Gasteiger partial charge is 0.263 e. The lowest BCUT2D eigenvalue weighted by atomic mass is 10.2. The van der Waals surface area contributed by atoms with Gasteiger partial charge in [-0.25, -0.2) is 13.6 Å². The van der Waals surface area contributed by atoms with Crippen LogP contribution in [0.15, 0.2) is 46.3 Å². The first kappa shape index (κ1) is 16.9. The minimum Gasteiger partial charge on any atom is -0.867 e. The molecule has 0 saturated heterocycles. The van der Waals surface area contributed by atoms with Gasteiger partial charge in [0.05, 0.1) is 15.5 Å². The summed E-state index contributed by atoms with van der Waals surface area (Å²) >= 11 is 5.73. The third kappa shape index (κ3) is 4.03. The van der Waals surface area contributed by atoms with E-state index in [9.17, 15) is 23.6 Å². The number of nitrogens with two attached hydrogens (primary N) is 1. The lowest BCUT2D eigenvalue weighted by Crippen LogP contribution is -2.11. The normalized spacial score (nSPS) is 11.7. The summed E-state index contributed by atoms with van der Waals surface area (Å²) in [5.74, 6) is -0.842. The highest BCUT2D eigenvalue weighted by Gasteiger charge is 2.11. The van der Waals surface area contributed by atoms with Gasteiger partial charge in [-0.15, -0.1) is 0 Å². The number of nitro benzene ring substituents is 1. The molecule has 0 heterocycles. The lowest BCUT2D eigenvalue weighted by Gasteiger charge is -2.10. The minimum absolute atomic E-state index is 0.0102. The Kier molecular flexibility index (Phi) is 4.64. The van der Waals surface area contributed by atoms with Crippen molar-refractivity contribution < 1.29 is 18.4 Å². The van der Waals surface area contributed by atoms with Crippen LogP contribution in [0.2, 0.25) is 5.02 Å². The van der Waals surface area contributed by atoms with Gasteiger partial charge in [0, 0.05) is 17.3 Å². The van der Waals surface area contributed by atoms with Crippen molar-refractivity contribution in [3.8, 4) is 5.75 Å². The number of sulfonamides is 1. The molecule has 2 aromatic carbocycles. The van der Waals surface area contributed by atoms with Gasteiger partial charge in [-0.2, -0.15) is 0 Å². The van der Waals surface area contributed by atoms with Crippen molar-refractivity contribution in [1.82, 2.24) is 0 Å². The molecule has 2 rings (SSSR count). The molecular formula is C13H9ClN3O5S-. The number of hydrogen-bond donors (Lipinski definition) is 1. The fourth-order valence-corrected chi connectivity index (χ4v) is 2.49. The van der Waals surface area contributed by atoms with Gasteiger partial charge in [-0.1, -0.05) is 17.7 Å². The van der Waals surface area contributed by atoms with Crippen LogP contribution in [0.1, 0.15) is 5.56 Å². The third-order valence-corrected chi connectivity index (χ3v) is 3.89. The van der Waals surface area contributed by atoms with Crippen molar-refractivity contribution in [3.05, 3.63) is 57.1 Å². The predicted molar refractivity (Wildman–Crippen MR) is 82.6 cm³/mol. The van der Waals surface area contributed by atoms with Gasteiger partial charge in [0.25, 0.3) is 5.69 Å². The zero-order valence-corrected chi connectivity index (χ0v) is 12.9. The Morgan fingerprint density at radius 1 is 1.26 bits per heavy atom. The quantitative estimate of drug-likeness (QED) is 0.506. The van der Waals surface area contributed by atoms with E-state index in [0.29, 0.717) is 0 Å². The number of aliphatic imine (C=N–C) groups is 1. The molecule has 0 radical (unpaired) electrons. The SMILES string of the molecule is NS(=O)(=O)c1cccc(N=Cc2cc(Cl)cc([N+](=O)[O-])c2[O-])c1. The van der Waals surface area contributed by atoms with Gasteiger partial charge in [0.15, 0.2) is 0 Å². The second-order valence-electron chi connectivity index (χ2n) is 4.40. The fraction of sp³-hybridized carbons (Fsp3) is 0. The summed E-state index contributed by atoms with van der Waals surface area (Å²) in [4.78, 5) is 13.7. The van der Waals surface area contributed by atoms with Crippen LogP contribution in [0.5, 0.6) is 5.75 Å². The Balaban J connectivity index is 2.44. The lowest BCUT2D eigenvalue weighted by molar-refractivity contribution is -0.398. The van der Waals surface area contributed by atoms with Crippen molar-refractivity contribution in [2.75, 3.05) is 0 Å². The monoisotopic (exact) mass is 354 g/mol. The van der Waals surface area contributed by atoms with Crippen LogP contribution in [0.4, 0.5) is 11.4 Å². The van der Waals surface area contributed by atoms with Crippen LogP contribution in [-0.4, -0.2) is 19.6 Å². The standard InChI is InChI=1S/C13H10ClN3O5S/c14-9-4-8(13(18)12(5-9)17(19)20)7-16-10-2-1-3-11(6-10)23(15,21)22/h1-7,18H,(H2,15,21,22)/p-1. The molecule has 0 aliphatic heterocycles. The van der Waals surface area contributed by atoms with Gasteiger partial charge in [-0.3, -0.25) is 15.1 Å². The zero-order chi connectivity index (χ0) is 17.2. The number of halogens is 1. The summed E-state index contributed by atoms with van der Waals surface area (Å²) in [6, 6.07) is 7.57. The molecule has 0 aliphatic rings. The van der Waals surface area contributed by atoms with Crippen LogP contribution in [0.3, 0.4) is 0 Å². The van der Waals surface area contributed by atoms with E-state index in [1.807, 2.05) is 0 Å². The summed E-state index contributed by atoms with van der Waals surface area (Å²) in [5.41, 5.74) is -0.555. The number of nitrogens with zero attached hydrogens (tertiary/aromatic N) is 2. The van der Waals surface area contributed by atoms with Crippen molar-refractivity contribution in [2.45, 2.75) is 4.90 Å². The number of nitro groups is 1. The van der Waals surface area contributed by atoms with Gasteiger partial charge in [0.1, 0.15) is 0 Å². The predicted octanol–water partition coefficient (Wildman–Crippen LogP) is 1.72. The van der Waals surface area contributed by atoms with Crippen molar-refractivity contribution in [3.63, 3.8) is 0 Å². The van der Waals surface area contributed by atoms with Crippen LogP contribution >= 0.6 is 11.6 Å². The molecule has 0 aliphatic carbocycles. The Morgan fingerprint density at radius 2 is 1.96 bits per heavy atom. The molecule has 120 valence electrons. The van der Waals surface area contributed by atoms with E-state index in [1.54, 1.807) is 0 Å². The number of primary sulfonamides is 1. The maximum atomic E-state index is 11.9. The molecule has 0 spiro atoms. The first-order valence-corrected chi connectivity index (χ1v) is 7.93. The summed E-state index contributed by atoms with van der Waals surface area (Å²) in [6.07, 6.45) is 1.07. The summed E-state index contributed by atoms with van der Waals surface area (Å²) in [5, 5.41) is 27.7. The molecule has 10 heteroatoms. The number of hydrogen-bond acceptors (Lipinski definition) is 6. The molecule has 0 fully saturated rings. The fourth-order valence-electron chi connectivity index (χ4n) is 1.72. The van der Waals surface area contributed by atoms with Crippen LogP contribution in [0.25, 0.3) is 0 Å².